The number of piperazine rings is 2. The molecule has 82 heavy (non-hydrogen) atoms. The topological polar surface area (TPSA) is 189 Å². The Morgan fingerprint density at radius 1 is 0.439 bits per heavy atom. The van der Waals surface area contributed by atoms with E-state index in [4.69, 9.17) is 0 Å². The van der Waals surface area contributed by atoms with Gasteiger partial charge < -0.3 is 39.6 Å². The lowest BCUT2D eigenvalue weighted by Crippen LogP contribution is -2.56. The normalized spacial score (nSPS) is 17.7. The largest absolute Gasteiger partial charge is 0.394 e. The van der Waals surface area contributed by atoms with Crippen molar-refractivity contribution in [3.05, 3.63) is 188 Å². The van der Waals surface area contributed by atoms with Crippen molar-refractivity contribution in [2.45, 2.75) is 78.3 Å². The van der Waals surface area contributed by atoms with Gasteiger partial charge in [0.05, 0.1) is 70.3 Å². The number of nitrogens with zero attached hydrogens (tertiary/aromatic N) is 10. The van der Waals surface area contributed by atoms with Crippen LogP contribution in [-0.4, -0.2) is 123 Å². The molecule has 0 bridgehead atoms. The molecule has 4 fully saturated rings. The molecule has 4 aliphatic rings. The van der Waals surface area contributed by atoms with Crippen molar-refractivity contribution in [1.82, 2.24) is 9.80 Å². The van der Waals surface area contributed by atoms with Crippen LogP contribution in [0.1, 0.15) is 102 Å². The van der Waals surface area contributed by atoms with Gasteiger partial charge in [0.2, 0.25) is 0 Å². The number of amides is 2. The van der Waals surface area contributed by atoms with Gasteiger partial charge in [-0.3, -0.25) is 9.59 Å². The number of rotatable bonds is 12. The maximum Gasteiger partial charge on any atom is 0.254 e. The van der Waals surface area contributed by atoms with Crippen molar-refractivity contribution in [1.29, 1.82) is 21.0 Å². The highest BCUT2D eigenvalue weighted by Gasteiger charge is 2.34. The maximum atomic E-state index is 13.8. The Kier molecular flexibility index (Phi) is 18.9. The smallest absolute Gasteiger partial charge is 0.254 e. The summed E-state index contributed by atoms with van der Waals surface area (Å²) in [5.74, 6) is 1.04. The SMILES string of the molecule is Cc1cc(C)c(C(=O)N2CCN(c3ccccc3C#N)[C@@H](CO)C2)cc1CC1CCN(c2ccccc2C#N)CC1.Cc1cc(C)c(C(=O)N2CCN(c3ccccc3C#N)[C@H](CO)C2)cc1CC1CCN(c2ccccc2C#N)CC1. The molecule has 4 heterocycles. The molecule has 0 aromatic heterocycles. The summed E-state index contributed by atoms with van der Waals surface area (Å²) in [5.41, 5.74) is 14.5. The van der Waals surface area contributed by atoms with E-state index in [-0.39, 0.29) is 37.1 Å². The Morgan fingerprint density at radius 3 is 1.09 bits per heavy atom. The summed E-state index contributed by atoms with van der Waals surface area (Å²) in [6.07, 6.45) is 6.03. The third kappa shape index (κ3) is 12.9. The molecule has 6 aromatic carbocycles. The predicted molar refractivity (Wildman–Crippen MR) is 322 cm³/mol. The zero-order valence-corrected chi connectivity index (χ0v) is 47.8. The summed E-state index contributed by atoms with van der Waals surface area (Å²) in [6, 6.07) is 47.5. The van der Waals surface area contributed by atoms with Gasteiger partial charge in [-0.05, 0) is 172 Å². The number of hydrogen-bond acceptors (Lipinski definition) is 12. The molecule has 0 spiro atoms. The van der Waals surface area contributed by atoms with E-state index >= 15 is 0 Å². The molecule has 0 unspecified atom stereocenters. The number of aliphatic hydroxyl groups is 2. The third-order valence-corrected chi connectivity index (χ3v) is 17.4. The van der Waals surface area contributed by atoms with Gasteiger partial charge in [0, 0.05) is 76.6 Å². The first-order valence-electron chi connectivity index (χ1n) is 28.9. The van der Waals surface area contributed by atoms with Crippen LogP contribution >= 0.6 is 0 Å². The lowest BCUT2D eigenvalue weighted by atomic mass is 9.86. The van der Waals surface area contributed by atoms with Crippen molar-refractivity contribution in [2.75, 3.05) is 98.3 Å². The minimum atomic E-state index is -0.274. The number of piperidine rings is 2. The molecule has 6 aromatic rings. The number of aryl methyl sites for hydroxylation is 4. The molecule has 14 heteroatoms. The van der Waals surface area contributed by atoms with Crippen LogP contribution in [0.25, 0.3) is 0 Å². The van der Waals surface area contributed by atoms with E-state index in [0.717, 1.165) is 121 Å². The van der Waals surface area contributed by atoms with Gasteiger partial charge in [-0.25, -0.2) is 0 Å². The van der Waals surface area contributed by atoms with Gasteiger partial charge in [-0.2, -0.15) is 21.0 Å². The Morgan fingerprint density at radius 2 is 0.756 bits per heavy atom. The first kappa shape index (κ1) is 58.0. The Balaban J connectivity index is 0.000000198. The van der Waals surface area contributed by atoms with E-state index in [0.29, 0.717) is 62.2 Å². The minimum Gasteiger partial charge on any atom is -0.394 e. The molecular weight excluding hydrogens is 1020 g/mol. The molecule has 0 radical (unpaired) electrons. The summed E-state index contributed by atoms with van der Waals surface area (Å²) in [6.45, 7) is 14.7. The number of para-hydroxylation sites is 4. The van der Waals surface area contributed by atoms with E-state index in [1.54, 1.807) is 12.1 Å². The van der Waals surface area contributed by atoms with Gasteiger partial charge in [-0.1, -0.05) is 60.7 Å². The van der Waals surface area contributed by atoms with E-state index < -0.39 is 0 Å². The van der Waals surface area contributed by atoms with Crippen LogP contribution in [0, 0.1) is 84.9 Å². The van der Waals surface area contributed by atoms with Gasteiger partial charge in [0.1, 0.15) is 24.3 Å². The van der Waals surface area contributed by atoms with Gasteiger partial charge in [0.25, 0.3) is 11.8 Å². The fourth-order valence-electron chi connectivity index (χ4n) is 12.8. The number of carbonyl (C=O) groups is 2. The van der Waals surface area contributed by atoms with Crippen LogP contribution in [0.4, 0.5) is 22.7 Å². The number of nitriles is 4. The number of anilines is 4. The molecule has 4 saturated heterocycles. The van der Waals surface area contributed by atoms with Gasteiger partial charge in [0.15, 0.2) is 0 Å². The number of benzene rings is 6. The molecule has 4 aliphatic heterocycles. The molecule has 2 amide bonds. The fourth-order valence-corrected chi connectivity index (χ4v) is 12.8. The van der Waals surface area contributed by atoms with Crippen molar-refractivity contribution >= 4 is 34.6 Å². The van der Waals surface area contributed by atoms with Crippen LogP contribution in [0.2, 0.25) is 0 Å². The highest BCUT2D eigenvalue weighted by molar-refractivity contribution is 5.97. The van der Waals surface area contributed by atoms with Crippen LogP contribution in [0.15, 0.2) is 121 Å². The molecule has 14 nitrogen and oxygen atoms in total. The minimum absolute atomic E-state index is 0.00153. The first-order valence-corrected chi connectivity index (χ1v) is 28.9. The Hall–Kier alpha value is -8.66. The second-order valence-electron chi connectivity index (χ2n) is 22.5. The van der Waals surface area contributed by atoms with Crippen LogP contribution in [0.3, 0.4) is 0 Å². The average Bonchev–Trinajstić information content (AvgIpc) is 3.53. The molecule has 420 valence electrons. The molecular formula is C68H74N10O4. The lowest BCUT2D eigenvalue weighted by Gasteiger charge is -2.42. The van der Waals surface area contributed by atoms with Crippen LogP contribution in [0.5, 0.6) is 0 Å². The van der Waals surface area contributed by atoms with Gasteiger partial charge in [-0.15, -0.1) is 0 Å². The highest BCUT2D eigenvalue weighted by Crippen LogP contribution is 2.34. The van der Waals surface area contributed by atoms with Gasteiger partial charge >= 0.3 is 0 Å². The summed E-state index contributed by atoms with van der Waals surface area (Å²) in [4.78, 5) is 40.0. The molecule has 0 saturated carbocycles. The molecule has 0 aliphatic carbocycles. The zero-order valence-electron chi connectivity index (χ0n) is 47.8. The average molecular weight is 1100 g/mol. The maximum absolute atomic E-state index is 13.8. The summed E-state index contributed by atoms with van der Waals surface area (Å²) in [7, 11) is 0. The van der Waals surface area contributed by atoms with Crippen molar-refractivity contribution in [2.24, 2.45) is 11.8 Å². The van der Waals surface area contributed by atoms with Crippen LogP contribution < -0.4 is 19.6 Å². The summed E-state index contributed by atoms with van der Waals surface area (Å²) in [5, 5.41) is 58.5. The van der Waals surface area contributed by atoms with Crippen molar-refractivity contribution in [3.8, 4) is 24.3 Å². The standard InChI is InChI=1S/2C34H37N5O2/c2*1-24-17-25(2)31(19-29(24)18-26-11-13-37(14-12-26)32-9-5-3-7-27(32)20-35)34(41)38-15-16-39(30(22-38)23-40)33-10-6-4-8-28(33)21-36/h2*3-10,17,19,26,30,40H,11-16,18,22-23H2,1-2H3/t2*30-/m10/s1. The predicted octanol–water partition coefficient (Wildman–Crippen LogP) is 9.66. The van der Waals surface area contributed by atoms with Crippen molar-refractivity contribution < 1.29 is 19.8 Å². The van der Waals surface area contributed by atoms with E-state index in [1.807, 2.05) is 109 Å². The number of aliphatic hydroxyl groups excluding tert-OH is 2. The molecule has 2 N–H and O–H groups in total. The quantitative estimate of drug-likeness (QED) is 0.118. The summed E-state index contributed by atoms with van der Waals surface area (Å²) >= 11 is 0. The highest BCUT2D eigenvalue weighted by atomic mass is 16.3. The fraction of sp³-hybridized carbons (Fsp3) is 0.382. The second kappa shape index (κ2) is 26.7. The number of hydrogen-bond donors (Lipinski definition) is 2. The van der Waals surface area contributed by atoms with E-state index in [9.17, 15) is 40.8 Å². The molecule has 10 rings (SSSR count). The molecule has 2 atom stereocenters. The first-order chi connectivity index (χ1) is 39.9. The summed E-state index contributed by atoms with van der Waals surface area (Å²) < 4.78 is 0. The number of carbonyl (C=O) groups excluding carboxylic acids is 2. The third-order valence-electron chi connectivity index (χ3n) is 17.4. The lowest BCUT2D eigenvalue weighted by molar-refractivity contribution is 0.0690. The van der Waals surface area contributed by atoms with Crippen LogP contribution in [-0.2, 0) is 12.8 Å². The Bertz CT molecular complexity index is 3220. The van der Waals surface area contributed by atoms with E-state index in [2.05, 4.69) is 82.0 Å². The zero-order chi connectivity index (χ0) is 57.9. The second-order valence-corrected chi connectivity index (χ2v) is 22.5. The van der Waals surface area contributed by atoms with E-state index in [1.165, 1.54) is 22.3 Å². The van der Waals surface area contributed by atoms with Crippen molar-refractivity contribution in [3.63, 3.8) is 0 Å². The Labute approximate surface area is 483 Å². The monoisotopic (exact) mass is 1090 g/mol.